The van der Waals surface area contributed by atoms with Crippen LogP contribution in [0.1, 0.15) is 12.5 Å². The van der Waals surface area contributed by atoms with Crippen LogP contribution in [0.2, 0.25) is 0 Å². The molecule has 0 spiro atoms. The summed E-state index contributed by atoms with van der Waals surface area (Å²) in [6.45, 7) is 2.36. The fourth-order valence-corrected chi connectivity index (χ4v) is 1.49. The number of hydrogen-bond acceptors (Lipinski definition) is 4. The standard InChI is InChI=1S/C13H11N3O/c1-2-17-13-11(8-14)7-12(9-16-13)10-3-5-15-6-4-10/h3-7,9H,2H2,1H3. The van der Waals surface area contributed by atoms with Crippen LogP contribution in [0.3, 0.4) is 0 Å². The molecule has 0 bridgehead atoms. The van der Waals surface area contributed by atoms with Gasteiger partial charge in [-0.25, -0.2) is 4.98 Å². The predicted octanol–water partition coefficient (Wildman–Crippen LogP) is 2.41. The predicted molar refractivity (Wildman–Crippen MR) is 63.4 cm³/mol. The number of nitrogens with zero attached hydrogens (tertiary/aromatic N) is 3. The zero-order valence-electron chi connectivity index (χ0n) is 9.42. The molecule has 0 aliphatic heterocycles. The van der Waals surface area contributed by atoms with Gasteiger partial charge in [-0.1, -0.05) is 0 Å². The molecule has 84 valence electrons. The topological polar surface area (TPSA) is 58.8 Å². The molecule has 4 nitrogen and oxygen atoms in total. The molecule has 0 radical (unpaired) electrons. The Morgan fingerprint density at radius 1 is 1.29 bits per heavy atom. The maximum atomic E-state index is 9.03. The SMILES string of the molecule is CCOc1ncc(-c2ccncc2)cc1C#N. The number of ether oxygens (including phenoxy) is 1. The normalized spacial score (nSPS) is 9.65. The summed E-state index contributed by atoms with van der Waals surface area (Å²) in [7, 11) is 0. The van der Waals surface area contributed by atoms with E-state index in [-0.39, 0.29) is 0 Å². The molecule has 2 rings (SSSR count). The highest BCUT2D eigenvalue weighted by molar-refractivity contribution is 5.64. The summed E-state index contributed by atoms with van der Waals surface area (Å²) in [5, 5.41) is 9.03. The molecule has 2 heterocycles. The lowest BCUT2D eigenvalue weighted by Crippen LogP contribution is -1.97. The van der Waals surface area contributed by atoms with E-state index in [1.807, 2.05) is 19.1 Å². The van der Waals surface area contributed by atoms with Crippen molar-refractivity contribution in [3.05, 3.63) is 42.4 Å². The maximum Gasteiger partial charge on any atom is 0.231 e. The maximum absolute atomic E-state index is 9.03. The van der Waals surface area contributed by atoms with Gasteiger partial charge in [0.05, 0.1) is 6.61 Å². The summed E-state index contributed by atoms with van der Waals surface area (Å²) in [6, 6.07) is 7.61. The van der Waals surface area contributed by atoms with E-state index in [0.717, 1.165) is 11.1 Å². The second kappa shape index (κ2) is 5.08. The fraction of sp³-hybridized carbons (Fsp3) is 0.154. The van der Waals surface area contributed by atoms with E-state index in [9.17, 15) is 0 Å². The first-order valence-corrected chi connectivity index (χ1v) is 5.28. The van der Waals surface area contributed by atoms with Crippen LogP contribution < -0.4 is 4.74 Å². The number of nitriles is 1. The van der Waals surface area contributed by atoms with Gasteiger partial charge in [0.15, 0.2) is 0 Å². The Balaban J connectivity index is 2.43. The molecule has 4 heteroatoms. The Hall–Kier alpha value is -2.41. The molecule has 2 aromatic rings. The van der Waals surface area contributed by atoms with Crippen molar-refractivity contribution in [1.82, 2.24) is 9.97 Å². The van der Waals surface area contributed by atoms with Crippen LogP contribution in [0.15, 0.2) is 36.8 Å². The quantitative estimate of drug-likeness (QED) is 0.804. The third kappa shape index (κ3) is 2.40. The van der Waals surface area contributed by atoms with Crippen LogP contribution in [0.4, 0.5) is 0 Å². The van der Waals surface area contributed by atoms with E-state index in [1.54, 1.807) is 24.7 Å². The van der Waals surface area contributed by atoms with Gasteiger partial charge in [-0.2, -0.15) is 5.26 Å². The highest BCUT2D eigenvalue weighted by Crippen LogP contribution is 2.23. The lowest BCUT2D eigenvalue weighted by molar-refractivity contribution is 0.326. The summed E-state index contributed by atoms with van der Waals surface area (Å²) in [4.78, 5) is 8.10. The van der Waals surface area contributed by atoms with Crippen LogP contribution in [0, 0.1) is 11.3 Å². The third-order valence-electron chi connectivity index (χ3n) is 2.27. The third-order valence-corrected chi connectivity index (χ3v) is 2.27. The lowest BCUT2D eigenvalue weighted by Gasteiger charge is -2.06. The largest absolute Gasteiger partial charge is 0.477 e. The molecule has 0 saturated carbocycles. The van der Waals surface area contributed by atoms with Gasteiger partial charge < -0.3 is 4.74 Å². The Kier molecular flexibility index (Phi) is 3.31. The minimum Gasteiger partial charge on any atom is -0.477 e. The summed E-state index contributed by atoms with van der Waals surface area (Å²) < 4.78 is 5.27. The summed E-state index contributed by atoms with van der Waals surface area (Å²) in [6.07, 6.45) is 5.11. The molecule has 0 fully saturated rings. The molecular formula is C13H11N3O. The van der Waals surface area contributed by atoms with E-state index >= 15 is 0 Å². The second-order valence-electron chi connectivity index (χ2n) is 3.36. The van der Waals surface area contributed by atoms with E-state index in [2.05, 4.69) is 16.0 Å². The first-order valence-electron chi connectivity index (χ1n) is 5.28. The molecule has 0 amide bonds. The van der Waals surface area contributed by atoms with Crippen LogP contribution in [-0.4, -0.2) is 16.6 Å². The van der Waals surface area contributed by atoms with Crippen molar-refractivity contribution in [3.8, 4) is 23.1 Å². The van der Waals surface area contributed by atoms with Crippen molar-refractivity contribution in [2.75, 3.05) is 6.61 Å². The van der Waals surface area contributed by atoms with E-state index in [0.29, 0.717) is 18.1 Å². The summed E-state index contributed by atoms with van der Waals surface area (Å²) >= 11 is 0. The van der Waals surface area contributed by atoms with E-state index in [1.165, 1.54) is 0 Å². The average Bonchev–Trinajstić information content (AvgIpc) is 2.40. The molecule has 0 aliphatic carbocycles. The van der Waals surface area contributed by atoms with Gasteiger partial charge in [-0.3, -0.25) is 4.98 Å². The number of rotatable bonds is 3. The molecule has 0 aromatic carbocycles. The summed E-state index contributed by atoms with van der Waals surface area (Å²) in [5.74, 6) is 0.382. The first-order chi connectivity index (χ1) is 8.35. The molecular weight excluding hydrogens is 214 g/mol. The van der Waals surface area contributed by atoms with Gasteiger partial charge in [-0.15, -0.1) is 0 Å². The van der Waals surface area contributed by atoms with Crippen LogP contribution >= 0.6 is 0 Å². The van der Waals surface area contributed by atoms with Gasteiger partial charge in [0.25, 0.3) is 0 Å². The zero-order valence-corrected chi connectivity index (χ0v) is 9.42. The van der Waals surface area contributed by atoms with Crippen LogP contribution in [-0.2, 0) is 0 Å². The molecule has 0 saturated heterocycles. The molecule has 2 aromatic heterocycles. The minimum absolute atomic E-state index is 0.382. The van der Waals surface area contributed by atoms with Gasteiger partial charge >= 0.3 is 0 Å². The smallest absolute Gasteiger partial charge is 0.231 e. The van der Waals surface area contributed by atoms with Crippen molar-refractivity contribution in [1.29, 1.82) is 5.26 Å². The highest BCUT2D eigenvalue weighted by atomic mass is 16.5. The van der Waals surface area contributed by atoms with E-state index in [4.69, 9.17) is 10.00 Å². The van der Waals surface area contributed by atoms with Crippen LogP contribution in [0.25, 0.3) is 11.1 Å². The Morgan fingerprint density at radius 3 is 2.71 bits per heavy atom. The molecule has 0 atom stereocenters. The van der Waals surface area contributed by atoms with Crippen molar-refractivity contribution < 1.29 is 4.74 Å². The second-order valence-corrected chi connectivity index (χ2v) is 3.36. The number of aromatic nitrogens is 2. The van der Waals surface area contributed by atoms with Gasteiger partial charge in [0.1, 0.15) is 11.6 Å². The summed E-state index contributed by atoms with van der Waals surface area (Å²) in [5.41, 5.74) is 2.31. The first kappa shape index (κ1) is 11.1. The van der Waals surface area contributed by atoms with Crippen molar-refractivity contribution in [2.45, 2.75) is 6.92 Å². The van der Waals surface area contributed by atoms with Gasteiger partial charge in [0.2, 0.25) is 5.88 Å². The Morgan fingerprint density at radius 2 is 2.06 bits per heavy atom. The number of pyridine rings is 2. The monoisotopic (exact) mass is 225 g/mol. The average molecular weight is 225 g/mol. The zero-order chi connectivity index (χ0) is 12.1. The minimum atomic E-state index is 0.382. The van der Waals surface area contributed by atoms with E-state index < -0.39 is 0 Å². The Labute approximate surface area is 99.5 Å². The molecule has 0 unspecified atom stereocenters. The fourth-order valence-electron chi connectivity index (χ4n) is 1.49. The van der Waals surface area contributed by atoms with Crippen molar-refractivity contribution in [3.63, 3.8) is 0 Å². The Bertz CT molecular complexity index is 546. The lowest BCUT2D eigenvalue weighted by atomic mass is 10.1. The van der Waals surface area contributed by atoms with Crippen molar-refractivity contribution in [2.24, 2.45) is 0 Å². The molecule has 17 heavy (non-hydrogen) atoms. The van der Waals surface area contributed by atoms with Crippen LogP contribution in [0.5, 0.6) is 5.88 Å². The molecule has 0 N–H and O–H groups in total. The van der Waals surface area contributed by atoms with Gasteiger partial charge in [-0.05, 0) is 30.7 Å². The molecule has 0 aliphatic rings. The highest BCUT2D eigenvalue weighted by Gasteiger charge is 2.07. The van der Waals surface area contributed by atoms with Crippen molar-refractivity contribution >= 4 is 0 Å². The number of hydrogen-bond donors (Lipinski definition) is 0. The van der Waals surface area contributed by atoms with Gasteiger partial charge in [0, 0.05) is 24.2 Å².